The number of rotatable bonds is 3. The maximum absolute atomic E-state index is 4.11. The van der Waals surface area contributed by atoms with Gasteiger partial charge in [0.15, 0.2) is 0 Å². The summed E-state index contributed by atoms with van der Waals surface area (Å²) < 4.78 is 1.21. The van der Waals surface area contributed by atoms with Gasteiger partial charge in [-0.1, -0.05) is 0 Å². The highest BCUT2D eigenvalue weighted by Crippen LogP contribution is 2.27. The fraction of sp³-hybridized carbons (Fsp3) is 0.357. The van der Waals surface area contributed by atoms with Crippen molar-refractivity contribution in [2.24, 2.45) is 0 Å². The van der Waals surface area contributed by atoms with Crippen LogP contribution in [0.15, 0.2) is 39.8 Å². The Morgan fingerprint density at radius 1 is 1.40 bits per heavy atom. The summed E-state index contributed by atoms with van der Waals surface area (Å²) in [7, 11) is 0. The van der Waals surface area contributed by atoms with Gasteiger partial charge in [-0.2, -0.15) is 0 Å². The van der Waals surface area contributed by atoms with E-state index in [1.807, 2.05) is 12.4 Å². The van der Waals surface area contributed by atoms with Crippen LogP contribution < -0.4 is 5.32 Å². The molecule has 1 aliphatic heterocycles. The molecule has 0 amide bonds. The van der Waals surface area contributed by atoms with Crippen molar-refractivity contribution in [2.75, 3.05) is 19.6 Å². The van der Waals surface area contributed by atoms with Crippen LogP contribution in [0.4, 0.5) is 0 Å². The fourth-order valence-electron chi connectivity index (χ4n) is 2.51. The summed E-state index contributed by atoms with van der Waals surface area (Å²) in [5, 5.41) is 5.72. The summed E-state index contributed by atoms with van der Waals surface area (Å²) in [6, 6.07) is 6.90. The van der Waals surface area contributed by atoms with E-state index in [-0.39, 0.29) is 12.4 Å². The van der Waals surface area contributed by atoms with Gasteiger partial charge in [-0.15, -0.1) is 23.7 Å². The van der Waals surface area contributed by atoms with Crippen LogP contribution in [-0.2, 0) is 6.54 Å². The van der Waals surface area contributed by atoms with Crippen molar-refractivity contribution in [3.8, 4) is 0 Å². The van der Waals surface area contributed by atoms with E-state index in [2.05, 4.69) is 54.7 Å². The molecule has 0 bridgehead atoms. The van der Waals surface area contributed by atoms with Crippen LogP contribution in [0.1, 0.15) is 17.2 Å². The molecule has 0 aromatic carbocycles. The Kier molecular flexibility index (Phi) is 5.99. The van der Waals surface area contributed by atoms with Gasteiger partial charge in [0, 0.05) is 44.6 Å². The number of nitrogens with one attached hydrogen (secondary N) is 1. The van der Waals surface area contributed by atoms with E-state index in [1.54, 1.807) is 11.3 Å². The molecule has 2 aromatic rings. The molecule has 1 N–H and O–H groups in total. The third-order valence-electron chi connectivity index (χ3n) is 3.45. The molecule has 1 aliphatic rings. The van der Waals surface area contributed by atoms with Crippen molar-refractivity contribution in [1.29, 1.82) is 0 Å². The number of piperazine rings is 1. The standard InChI is InChI=1S/C14H16BrN3S.ClH/c15-14-7-11(10-19-14)9-18-6-5-17-8-13(18)12-1-3-16-4-2-12;/h1-4,7,10,13,17H,5-6,8-9H2;1H. The average molecular weight is 375 g/mol. The lowest BCUT2D eigenvalue weighted by molar-refractivity contribution is 0.154. The second kappa shape index (κ2) is 7.52. The van der Waals surface area contributed by atoms with Crippen LogP contribution >= 0.6 is 39.7 Å². The molecular weight excluding hydrogens is 358 g/mol. The first kappa shape index (κ1) is 15.9. The number of hydrogen-bond donors (Lipinski definition) is 1. The normalized spacial score (nSPS) is 19.6. The van der Waals surface area contributed by atoms with Crippen LogP contribution in [0.5, 0.6) is 0 Å². The Morgan fingerprint density at radius 2 is 2.20 bits per heavy atom. The van der Waals surface area contributed by atoms with Crippen LogP contribution in [0.25, 0.3) is 0 Å². The molecule has 108 valence electrons. The lowest BCUT2D eigenvalue weighted by Gasteiger charge is -2.36. The minimum atomic E-state index is 0. The Labute approximate surface area is 137 Å². The summed E-state index contributed by atoms with van der Waals surface area (Å²) in [6.45, 7) is 4.17. The summed E-state index contributed by atoms with van der Waals surface area (Å²) in [5.41, 5.74) is 2.73. The first-order valence-electron chi connectivity index (χ1n) is 6.40. The highest BCUT2D eigenvalue weighted by atomic mass is 79.9. The molecule has 0 radical (unpaired) electrons. The van der Waals surface area contributed by atoms with Crippen molar-refractivity contribution in [3.63, 3.8) is 0 Å². The van der Waals surface area contributed by atoms with Crippen LogP contribution in [-0.4, -0.2) is 29.5 Å². The highest BCUT2D eigenvalue weighted by Gasteiger charge is 2.23. The molecule has 3 rings (SSSR count). The van der Waals surface area contributed by atoms with Crippen molar-refractivity contribution >= 4 is 39.7 Å². The van der Waals surface area contributed by atoms with E-state index >= 15 is 0 Å². The van der Waals surface area contributed by atoms with Gasteiger partial charge in [0.05, 0.1) is 3.79 Å². The number of aromatic nitrogens is 1. The van der Waals surface area contributed by atoms with E-state index < -0.39 is 0 Å². The van der Waals surface area contributed by atoms with Crippen molar-refractivity contribution in [3.05, 3.63) is 50.9 Å². The van der Waals surface area contributed by atoms with Gasteiger partial charge >= 0.3 is 0 Å². The molecule has 3 nitrogen and oxygen atoms in total. The third kappa shape index (κ3) is 3.80. The van der Waals surface area contributed by atoms with Gasteiger partial charge in [0.25, 0.3) is 0 Å². The average Bonchev–Trinajstić information content (AvgIpc) is 2.86. The van der Waals surface area contributed by atoms with Gasteiger partial charge in [-0.3, -0.25) is 9.88 Å². The second-order valence-electron chi connectivity index (χ2n) is 4.73. The van der Waals surface area contributed by atoms with Gasteiger partial charge in [-0.25, -0.2) is 0 Å². The fourth-order valence-corrected chi connectivity index (χ4v) is 3.71. The second-order valence-corrected chi connectivity index (χ2v) is 7.02. The molecule has 3 heterocycles. The Morgan fingerprint density at radius 3 is 2.90 bits per heavy atom. The zero-order chi connectivity index (χ0) is 13.1. The van der Waals surface area contributed by atoms with Crippen molar-refractivity contribution in [2.45, 2.75) is 12.6 Å². The maximum atomic E-state index is 4.11. The molecule has 2 aromatic heterocycles. The Bertz CT molecular complexity index is 534. The first-order chi connectivity index (χ1) is 9.33. The third-order valence-corrected chi connectivity index (χ3v) is 5.01. The van der Waals surface area contributed by atoms with Crippen molar-refractivity contribution < 1.29 is 0 Å². The molecule has 0 aliphatic carbocycles. The molecule has 20 heavy (non-hydrogen) atoms. The zero-order valence-corrected chi connectivity index (χ0v) is 14.2. The Hall–Kier alpha value is -0.460. The largest absolute Gasteiger partial charge is 0.314 e. The van der Waals surface area contributed by atoms with Gasteiger partial charge < -0.3 is 5.32 Å². The number of thiophene rings is 1. The minimum absolute atomic E-state index is 0. The molecular formula is C14H17BrClN3S. The smallest absolute Gasteiger partial charge is 0.0701 e. The Balaban J connectivity index is 0.00000147. The molecule has 1 unspecified atom stereocenters. The minimum Gasteiger partial charge on any atom is -0.314 e. The number of hydrogen-bond acceptors (Lipinski definition) is 4. The van der Waals surface area contributed by atoms with Crippen LogP contribution in [0.3, 0.4) is 0 Å². The van der Waals surface area contributed by atoms with Crippen LogP contribution in [0.2, 0.25) is 0 Å². The summed E-state index contributed by atoms with van der Waals surface area (Å²) in [4.78, 5) is 6.65. The van der Waals surface area contributed by atoms with Gasteiger partial charge in [-0.05, 0) is 50.6 Å². The zero-order valence-electron chi connectivity index (χ0n) is 11.0. The predicted octanol–water partition coefficient (Wildman–Crippen LogP) is 3.47. The predicted molar refractivity (Wildman–Crippen MR) is 89.5 cm³/mol. The molecule has 0 spiro atoms. The van der Waals surface area contributed by atoms with E-state index in [0.29, 0.717) is 6.04 Å². The quantitative estimate of drug-likeness (QED) is 0.891. The van der Waals surface area contributed by atoms with E-state index in [4.69, 9.17) is 0 Å². The lowest BCUT2D eigenvalue weighted by atomic mass is 10.0. The summed E-state index contributed by atoms with van der Waals surface area (Å²) in [6.07, 6.45) is 3.76. The molecule has 1 fully saturated rings. The molecule has 1 saturated heterocycles. The van der Waals surface area contributed by atoms with Gasteiger partial charge in [0.1, 0.15) is 0 Å². The first-order valence-corrected chi connectivity index (χ1v) is 8.08. The summed E-state index contributed by atoms with van der Waals surface area (Å²) in [5.74, 6) is 0. The van der Waals surface area contributed by atoms with E-state index in [0.717, 1.165) is 26.2 Å². The van der Waals surface area contributed by atoms with Gasteiger partial charge in [0.2, 0.25) is 0 Å². The SMILES string of the molecule is Brc1cc(CN2CCNCC2c2ccncc2)cs1.Cl. The lowest BCUT2D eigenvalue weighted by Crippen LogP contribution is -2.45. The van der Waals surface area contributed by atoms with E-state index in [9.17, 15) is 0 Å². The monoisotopic (exact) mass is 373 g/mol. The topological polar surface area (TPSA) is 28.2 Å². The molecule has 0 saturated carbocycles. The van der Waals surface area contributed by atoms with Crippen molar-refractivity contribution in [1.82, 2.24) is 15.2 Å². The molecule has 1 atom stereocenters. The molecule has 6 heteroatoms. The maximum Gasteiger partial charge on any atom is 0.0701 e. The number of nitrogens with zero attached hydrogens (tertiary/aromatic N) is 2. The summed E-state index contributed by atoms with van der Waals surface area (Å²) >= 11 is 5.29. The highest BCUT2D eigenvalue weighted by molar-refractivity contribution is 9.11. The van der Waals surface area contributed by atoms with E-state index in [1.165, 1.54) is 14.9 Å². The van der Waals surface area contributed by atoms with Crippen LogP contribution in [0, 0.1) is 0 Å². The number of halogens is 2. The number of pyridine rings is 1.